The lowest BCUT2D eigenvalue weighted by molar-refractivity contribution is -0.129. The Morgan fingerprint density at radius 1 is 0.793 bits per heavy atom. The third-order valence-electron chi connectivity index (χ3n) is 3.96. The Morgan fingerprint density at radius 3 is 1.66 bits per heavy atom. The van der Waals surface area contributed by atoms with Crippen molar-refractivity contribution in [1.82, 2.24) is 10.6 Å². The summed E-state index contributed by atoms with van der Waals surface area (Å²) in [5, 5.41) is 6.74. The van der Waals surface area contributed by atoms with E-state index in [2.05, 4.69) is 10.6 Å². The van der Waals surface area contributed by atoms with Gasteiger partial charge in [-0.25, -0.2) is 0 Å². The zero-order valence-electron chi connectivity index (χ0n) is 16.4. The Labute approximate surface area is 180 Å². The SMILES string of the molecule is CC(CNC(=O)C(C)Oc1ccc(Cl)cc1)NC(=O)C(C)Oc1ccc(Cl)cc1. The van der Waals surface area contributed by atoms with Crippen LogP contribution >= 0.6 is 23.2 Å². The number of amides is 2. The van der Waals surface area contributed by atoms with E-state index in [0.29, 0.717) is 21.5 Å². The Bertz CT molecular complexity index is 812. The Hall–Kier alpha value is -2.44. The van der Waals surface area contributed by atoms with Crippen LogP contribution < -0.4 is 20.1 Å². The van der Waals surface area contributed by atoms with Gasteiger partial charge in [0.2, 0.25) is 0 Å². The molecule has 0 aliphatic rings. The average molecular weight is 439 g/mol. The molecule has 6 nitrogen and oxygen atoms in total. The van der Waals surface area contributed by atoms with Gasteiger partial charge in [0.15, 0.2) is 12.2 Å². The van der Waals surface area contributed by atoms with Crippen LogP contribution in [0.3, 0.4) is 0 Å². The van der Waals surface area contributed by atoms with Crippen molar-refractivity contribution in [2.45, 2.75) is 39.0 Å². The maximum absolute atomic E-state index is 12.3. The first-order valence-electron chi connectivity index (χ1n) is 9.17. The molecule has 0 saturated heterocycles. The van der Waals surface area contributed by atoms with E-state index < -0.39 is 12.2 Å². The van der Waals surface area contributed by atoms with Gasteiger partial charge in [0, 0.05) is 22.6 Å². The molecule has 2 rings (SSSR count). The van der Waals surface area contributed by atoms with Crippen molar-refractivity contribution in [3.05, 3.63) is 58.6 Å². The van der Waals surface area contributed by atoms with Crippen LogP contribution in [0.15, 0.2) is 48.5 Å². The number of halogens is 2. The predicted molar refractivity (Wildman–Crippen MR) is 114 cm³/mol. The first-order valence-corrected chi connectivity index (χ1v) is 9.92. The third-order valence-corrected chi connectivity index (χ3v) is 4.47. The molecule has 0 fully saturated rings. The van der Waals surface area contributed by atoms with Gasteiger partial charge in [-0.2, -0.15) is 0 Å². The fourth-order valence-electron chi connectivity index (χ4n) is 2.35. The zero-order chi connectivity index (χ0) is 21.4. The molecule has 2 amide bonds. The van der Waals surface area contributed by atoms with Gasteiger partial charge < -0.3 is 20.1 Å². The number of carbonyl (C=O) groups excluding carboxylic acids is 2. The van der Waals surface area contributed by atoms with Gasteiger partial charge in [0.25, 0.3) is 11.8 Å². The molecular formula is C21H24Cl2N2O4. The van der Waals surface area contributed by atoms with Crippen LogP contribution in [-0.4, -0.2) is 36.6 Å². The maximum Gasteiger partial charge on any atom is 0.261 e. The molecule has 2 aromatic carbocycles. The van der Waals surface area contributed by atoms with Crippen LogP contribution in [0.1, 0.15) is 20.8 Å². The van der Waals surface area contributed by atoms with E-state index in [0.717, 1.165) is 0 Å². The monoisotopic (exact) mass is 438 g/mol. The van der Waals surface area contributed by atoms with E-state index in [4.69, 9.17) is 32.7 Å². The molecule has 0 aliphatic heterocycles. The number of ether oxygens (including phenoxy) is 2. The van der Waals surface area contributed by atoms with E-state index in [1.54, 1.807) is 69.3 Å². The largest absolute Gasteiger partial charge is 0.481 e. The molecule has 3 atom stereocenters. The minimum absolute atomic E-state index is 0.257. The lowest BCUT2D eigenvalue weighted by atomic mass is 10.2. The molecular weight excluding hydrogens is 415 g/mol. The van der Waals surface area contributed by atoms with Crippen molar-refractivity contribution in [2.24, 2.45) is 0 Å². The minimum atomic E-state index is -0.693. The summed E-state index contributed by atoms with van der Waals surface area (Å²) in [7, 11) is 0. The predicted octanol–water partition coefficient (Wildman–Crippen LogP) is 3.85. The van der Waals surface area contributed by atoms with Crippen molar-refractivity contribution in [3.8, 4) is 11.5 Å². The number of nitrogens with one attached hydrogen (secondary N) is 2. The van der Waals surface area contributed by atoms with Crippen LogP contribution in [0, 0.1) is 0 Å². The van der Waals surface area contributed by atoms with Crippen LogP contribution in [0.5, 0.6) is 11.5 Å². The Balaban J connectivity index is 1.73. The zero-order valence-corrected chi connectivity index (χ0v) is 18.0. The van der Waals surface area contributed by atoms with Crippen LogP contribution in [0.2, 0.25) is 10.0 Å². The van der Waals surface area contributed by atoms with Crippen molar-refractivity contribution in [1.29, 1.82) is 0 Å². The fraction of sp³-hybridized carbons (Fsp3) is 0.333. The molecule has 0 aromatic heterocycles. The van der Waals surface area contributed by atoms with Gasteiger partial charge in [-0.3, -0.25) is 9.59 Å². The van der Waals surface area contributed by atoms with Gasteiger partial charge in [0.1, 0.15) is 11.5 Å². The van der Waals surface area contributed by atoms with E-state index in [1.807, 2.05) is 0 Å². The highest BCUT2D eigenvalue weighted by atomic mass is 35.5. The second kappa shape index (κ2) is 10.9. The van der Waals surface area contributed by atoms with Gasteiger partial charge in [-0.05, 0) is 69.3 Å². The van der Waals surface area contributed by atoms with Crippen molar-refractivity contribution >= 4 is 35.0 Å². The molecule has 156 valence electrons. The second-order valence-electron chi connectivity index (χ2n) is 6.58. The highest BCUT2D eigenvalue weighted by Gasteiger charge is 2.19. The highest BCUT2D eigenvalue weighted by Crippen LogP contribution is 2.17. The molecule has 2 N–H and O–H groups in total. The quantitative estimate of drug-likeness (QED) is 0.623. The number of hydrogen-bond donors (Lipinski definition) is 2. The summed E-state index contributed by atoms with van der Waals surface area (Å²) in [6.45, 7) is 5.34. The average Bonchev–Trinajstić information content (AvgIpc) is 2.69. The lowest BCUT2D eigenvalue weighted by Gasteiger charge is -2.20. The number of benzene rings is 2. The molecule has 8 heteroatoms. The van der Waals surface area contributed by atoms with E-state index in [-0.39, 0.29) is 24.4 Å². The molecule has 2 aromatic rings. The normalized spacial score (nSPS) is 13.7. The van der Waals surface area contributed by atoms with Crippen molar-refractivity contribution in [2.75, 3.05) is 6.54 Å². The molecule has 29 heavy (non-hydrogen) atoms. The van der Waals surface area contributed by atoms with Crippen molar-refractivity contribution in [3.63, 3.8) is 0 Å². The van der Waals surface area contributed by atoms with Crippen LogP contribution in [0.25, 0.3) is 0 Å². The molecule has 0 saturated carbocycles. The maximum atomic E-state index is 12.3. The smallest absolute Gasteiger partial charge is 0.261 e. The molecule has 0 spiro atoms. The summed E-state index contributed by atoms with van der Waals surface area (Å²) in [4.78, 5) is 24.5. The fourth-order valence-corrected chi connectivity index (χ4v) is 2.60. The van der Waals surface area contributed by atoms with E-state index >= 15 is 0 Å². The molecule has 0 heterocycles. The first-order chi connectivity index (χ1) is 13.7. The standard InChI is InChI=1S/C21H24Cl2N2O4/c1-13(25-21(27)15(3)29-19-10-6-17(23)7-11-19)12-24-20(26)14(2)28-18-8-4-16(22)5-9-18/h4-11,13-15H,12H2,1-3H3,(H,24,26)(H,25,27). The van der Waals surface area contributed by atoms with Gasteiger partial charge >= 0.3 is 0 Å². The summed E-state index contributed by atoms with van der Waals surface area (Å²) >= 11 is 11.7. The Kier molecular flexibility index (Phi) is 8.61. The van der Waals surface area contributed by atoms with E-state index in [1.165, 1.54) is 0 Å². The van der Waals surface area contributed by atoms with Gasteiger partial charge in [-0.1, -0.05) is 23.2 Å². The first kappa shape index (κ1) is 22.8. The number of rotatable bonds is 9. The topological polar surface area (TPSA) is 76.7 Å². The molecule has 0 bridgehead atoms. The summed E-state index contributed by atoms with van der Waals surface area (Å²) in [6.07, 6.45) is -1.38. The number of carbonyl (C=O) groups is 2. The summed E-state index contributed by atoms with van der Waals surface area (Å²) in [5.74, 6) is 0.524. The minimum Gasteiger partial charge on any atom is -0.481 e. The molecule has 0 radical (unpaired) electrons. The third kappa shape index (κ3) is 7.83. The van der Waals surface area contributed by atoms with Gasteiger partial charge in [0.05, 0.1) is 0 Å². The summed E-state index contributed by atoms with van der Waals surface area (Å²) in [6, 6.07) is 13.2. The van der Waals surface area contributed by atoms with Crippen molar-refractivity contribution < 1.29 is 19.1 Å². The van der Waals surface area contributed by atoms with Crippen LogP contribution in [-0.2, 0) is 9.59 Å². The summed E-state index contributed by atoms with van der Waals surface area (Å²) < 4.78 is 11.2. The summed E-state index contributed by atoms with van der Waals surface area (Å²) in [5.41, 5.74) is 0. The molecule has 3 unspecified atom stereocenters. The number of hydrogen-bond acceptors (Lipinski definition) is 4. The molecule has 0 aliphatic carbocycles. The lowest BCUT2D eigenvalue weighted by Crippen LogP contribution is -2.48. The van der Waals surface area contributed by atoms with Crippen LogP contribution in [0.4, 0.5) is 0 Å². The highest BCUT2D eigenvalue weighted by molar-refractivity contribution is 6.30. The van der Waals surface area contributed by atoms with E-state index in [9.17, 15) is 9.59 Å². The van der Waals surface area contributed by atoms with Gasteiger partial charge in [-0.15, -0.1) is 0 Å². The second-order valence-corrected chi connectivity index (χ2v) is 7.46. The Morgan fingerprint density at radius 2 is 1.21 bits per heavy atom.